The molecule has 0 saturated heterocycles. The van der Waals surface area contributed by atoms with Gasteiger partial charge in [0.15, 0.2) is 0 Å². The zero-order valence-corrected chi connectivity index (χ0v) is 29.0. The molecule has 0 aliphatic heterocycles. The number of aromatic nitrogens is 6. The van der Waals surface area contributed by atoms with Crippen molar-refractivity contribution in [2.24, 2.45) is 17.2 Å². The molecular weight excluding hydrogens is 685 g/mol. The Hall–Kier alpha value is -6.42. The normalized spacial score (nSPS) is 18.7. The molecule has 3 heterocycles. The van der Waals surface area contributed by atoms with E-state index in [1.54, 1.807) is 37.6 Å². The van der Waals surface area contributed by atoms with Gasteiger partial charge in [0.1, 0.15) is 0 Å². The van der Waals surface area contributed by atoms with Crippen LogP contribution in [-0.4, -0.2) is 65.8 Å². The average molecular weight is 723 g/mol. The lowest BCUT2D eigenvalue weighted by atomic mass is 9.70. The van der Waals surface area contributed by atoms with E-state index in [0.29, 0.717) is 41.3 Å². The van der Waals surface area contributed by atoms with Crippen molar-refractivity contribution in [3.05, 3.63) is 142 Å². The lowest BCUT2D eigenvalue weighted by Gasteiger charge is -2.34. The van der Waals surface area contributed by atoms with Crippen LogP contribution in [-0.2, 0) is 33.6 Å². The third kappa shape index (κ3) is 6.03. The summed E-state index contributed by atoms with van der Waals surface area (Å²) in [7, 11) is 0. The minimum absolute atomic E-state index is 0.0190. The Labute approximate surface area is 309 Å². The first-order valence-electron chi connectivity index (χ1n) is 17.8. The first-order chi connectivity index (χ1) is 26.2. The molecule has 6 aromatic rings. The number of hydrogen-bond acceptors (Lipinski definition) is 9. The number of carbonyl (C=O) groups is 3. The first-order valence-corrected chi connectivity index (χ1v) is 17.8. The topological polar surface area (TPSA) is 251 Å². The monoisotopic (exact) mass is 722 g/mol. The van der Waals surface area contributed by atoms with Crippen molar-refractivity contribution in [3.8, 4) is 0 Å². The van der Waals surface area contributed by atoms with E-state index in [2.05, 4.69) is 58.0 Å². The zero-order valence-electron chi connectivity index (χ0n) is 29.0. The van der Waals surface area contributed by atoms with E-state index in [4.69, 9.17) is 17.2 Å². The van der Waals surface area contributed by atoms with Crippen molar-refractivity contribution < 1.29 is 14.4 Å². The van der Waals surface area contributed by atoms with Gasteiger partial charge in [0.05, 0.1) is 48.5 Å². The van der Waals surface area contributed by atoms with Gasteiger partial charge in [-0.15, -0.1) is 0 Å². The summed E-state index contributed by atoms with van der Waals surface area (Å²) < 4.78 is 0. The highest BCUT2D eigenvalue weighted by Crippen LogP contribution is 2.67. The number of rotatable bonds is 12. The van der Waals surface area contributed by atoms with Gasteiger partial charge in [-0.1, -0.05) is 12.1 Å². The minimum atomic E-state index is -0.799. The van der Waals surface area contributed by atoms with Gasteiger partial charge in [0.25, 0.3) is 0 Å². The lowest BCUT2D eigenvalue weighted by Crippen LogP contribution is -2.37. The number of H-pyrrole nitrogens is 3. The first kappa shape index (κ1) is 33.4. The van der Waals surface area contributed by atoms with Gasteiger partial charge in [0.2, 0.25) is 17.7 Å². The van der Waals surface area contributed by atoms with Gasteiger partial charge in [-0.2, -0.15) is 0 Å². The van der Waals surface area contributed by atoms with Crippen molar-refractivity contribution in [2.75, 3.05) is 16.0 Å². The van der Waals surface area contributed by atoms with Crippen LogP contribution in [0.5, 0.6) is 0 Å². The molecule has 2 bridgehead atoms. The zero-order chi connectivity index (χ0) is 37.1. The molecule has 4 aliphatic carbocycles. The van der Waals surface area contributed by atoms with E-state index in [1.165, 1.54) is 11.1 Å². The number of nitrogens with two attached hydrogens (primary N) is 3. The van der Waals surface area contributed by atoms with Crippen LogP contribution in [0.25, 0.3) is 0 Å². The molecule has 3 amide bonds. The van der Waals surface area contributed by atoms with Crippen LogP contribution in [0.4, 0.5) is 17.1 Å². The van der Waals surface area contributed by atoms with Gasteiger partial charge < -0.3 is 48.1 Å². The summed E-state index contributed by atoms with van der Waals surface area (Å²) in [5.41, 5.74) is 30.8. The van der Waals surface area contributed by atoms with E-state index >= 15 is 0 Å². The van der Waals surface area contributed by atoms with Gasteiger partial charge in [-0.3, -0.25) is 14.4 Å². The van der Waals surface area contributed by atoms with Crippen LogP contribution < -0.4 is 33.2 Å². The van der Waals surface area contributed by atoms with E-state index in [-0.39, 0.29) is 41.9 Å². The van der Waals surface area contributed by atoms with Crippen LogP contribution in [0.1, 0.15) is 73.8 Å². The predicted molar refractivity (Wildman–Crippen MR) is 201 cm³/mol. The fourth-order valence-electron chi connectivity index (χ4n) is 8.16. The maximum Gasteiger partial charge on any atom is 0.241 e. The Bertz CT molecular complexity index is 2270. The van der Waals surface area contributed by atoms with E-state index in [9.17, 15) is 14.4 Å². The molecule has 10 rings (SSSR count). The number of imidazole rings is 3. The van der Waals surface area contributed by atoms with Gasteiger partial charge in [-0.05, 0) is 75.3 Å². The smallest absolute Gasteiger partial charge is 0.241 e. The molecular formula is C39H38N12O3. The summed E-state index contributed by atoms with van der Waals surface area (Å²) >= 11 is 0. The maximum absolute atomic E-state index is 13.3. The van der Waals surface area contributed by atoms with Crippen molar-refractivity contribution in [1.29, 1.82) is 0 Å². The molecule has 15 nitrogen and oxygen atoms in total. The summed E-state index contributed by atoms with van der Waals surface area (Å²) in [6.07, 6.45) is 10.7. The number of nitrogens with zero attached hydrogens (tertiary/aromatic N) is 3. The Morgan fingerprint density at radius 1 is 0.611 bits per heavy atom. The molecule has 15 heteroatoms. The molecule has 54 heavy (non-hydrogen) atoms. The van der Waals surface area contributed by atoms with Gasteiger partial charge in [-0.25, -0.2) is 15.0 Å². The summed E-state index contributed by atoms with van der Waals surface area (Å²) in [4.78, 5) is 61.0. The standard InChI is InChI=1S/C39H38N12O3/c40-30(9-21-12-43-15-46-21)37(52)49-18-1-3-24-26(5-18)33-27-6-19(50-38(53)31(41)10-22-13-44-16-47-22)2-4-25(27)34(24)36-29-8-20(7-28(33)35(29)36)51-39(54)32(42)11-23-14-45-17-48-23/h1-8,12-17,30-34,36H,9-11,40-42H2,(H,43,46)(H,44,47)(H,45,48)(H,49,52)(H,50,53)(H,51,54)/t30-,31-,32-,33?,34?,36?/m0/s1. The van der Waals surface area contributed by atoms with E-state index in [0.717, 1.165) is 33.5 Å². The second kappa shape index (κ2) is 13.2. The van der Waals surface area contributed by atoms with Gasteiger partial charge >= 0.3 is 0 Å². The highest BCUT2D eigenvalue weighted by Gasteiger charge is 2.52. The summed E-state index contributed by atoms with van der Waals surface area (Å²) in [5, 5.41) is 9.10. The predicted octanol–water partition coefficient (Wildman–Crippen LogP) is 2.47. The molecule has 0 radical (unpaired) electrons. The number of benzene rings is 3. The molecule has 3 aromatic carbocycles. The van der Waals surface area contributed by atoms with Crippen LogP contribution in [0, 0.1) is 0 Å². The fraction of sp³-hybridized carbons (Fsp3) is 0.231. The highest BCUT2D eigenvalue weighted by atomic mass is 16.2. The largest absolute Gasteiger partial charge is 0.351 e. The fourth-order valence-corrected chi connectivity index (χ4v) is 8.16. The third-order valence-electron chi connectivity index (χ3n) is 10.7. The van der Waals surface area contributed by atoms with E-state index in [1.807, 2.05) is 36.4 Å². The van der Waals surface area contributed by atoms with Gasteiger partial charge in [0, 0.05) is 78.4 Å². The van der Waals surface area contributed by atoms with Crippen molar-refractivity contribution in [1.82, 2.24) is 29.9 Å². The minimum Gasteiger partial charge on any atom is -0.351 e. The average Bonchev–Trinajstić information content (AvgIpc) is 3.63. The molecule has 6 atom stereocenters. The maximum atomic E-state index is 13.3. The SMILES string of the molecule is N[C@@H](Cc1c[nH]cn1)C(=O)Nc1ccc2c(c1)C1c3cc(NC(=O)[C@@H](N)Cc4cnc[nH]4)ccc3C2C2c3cc(NC(=O)[C@@H](N)Cc4c[nH]cn4)cc1c32. The van der Waals surface area contributed by atoms with Crippen molar-refractivity contribution in [2.45, 2.75) is 55.1 Å². The third-order valence-corrected chi connectivity index (χ3v) is 10.7. The summed E-state index contributed by atoms with van der Waals surface area (Å²) in [5.74, 6) is -1.14. The molecule has 0 saturated carbocycles. The molecule has 12 N–H and O–H groups in total. The lowest BCUT2D eigenvalue weighted by molar-refractivity contribution is -0.118. The Balaban J connectivity index is 1.05. The Morgan fingerprint density at radius 2 is 1.13 bits per heavy atom. The van der Waals surface area contributed by atoms with Crippen LogP contribution in [0.15, 0.2) is 86.1 Å². The molecule has 3 aromatic heterocycles. The summed E-state index contributed by atoms with van der Waals surface area (Å²) in [6, 6.07) is 13.8. The molecule has 0 fully saturated rings. The Kier molecular flexibility index (Phi) is 8.18. The van der Waals surface area contributed by atoms with Crippen LogP contribution >= 0.6 is 0 Å². The molecule has 4 aliphatic rings. The highest BCUT2D eigenvalue weighted by molar-refractivity contribution is 5.97. The number of hydrogen-bond donors (Lipinski definition) is 9. The van der Waals surface area contributed by atoms with Crippen molar-refractivity contribution in [3.63, 3.8) is 0 Å². The van der Waals surface area contributed by atoms with E-state index < -0.39 is 18.1 Å². The molecule has 272 valence electrons. The van der Waals surface area contributed by atoms with Crippen LogP contribution in [0.3, 0.4) is 0 Å². The number of amides is 3. The second-order valence-electron chi connectivity index (χ2n) is 14.2. The molecule has 3 unspecified atom stereocenters. The quantitative estimate of drug-likeness (QED) is 0.0899. The van der Waals surface area contributed by atoms with Crippen molar-refractivity contribution >= 4 is 34.8 Å². The second-order valence-corrected chi connectivity index (χ2v) is 14.2. The number of carbonyl (C=O) groups excluding carboxylic acids is 3. The Morgan fingerprint density at radius 3 is 1.65 bits per heavy atom. The molecule has 0 spiro atoms. The summed E-state index contributed by atoms with van der Waals surface area (Å²) in [6.45, 7) is 0. The number of aromatic amines is 3. The number of anilines is 3. The number of nitrogens with one attached hydrogen (secondary N) is 6. The van der Waals surface area contributed by atoms with Crippen LogP contribution in [0.2, 0.25) is 0 Å².